The third-order valence-electron chi connectivity index (χ3n) is 4.24. The van der Waals surface area contributed by atoms with Crippen LogP contribution in [0, 0.1) is 11.8 Å². The van der Waals surface area contributed by atoms with Crippen molar-refractivity contribution in [3.63, 3.8) is 0 Å². The lowest BCUT2D eigenvalue weighted by Crippen LogP contribution is -2.46. The number of carbonyl (C=O) groups is 2. The van der Waals surface area contributed by atoms with Gasteiger partial charge in [-0.05, 0) is 25.7 Å². The maximum absolute atomic E-state index is 12.1. The topological polar surface area (TPSA) is 58.6 Å². The van der Waals surface area contributed by atoms with E-state index in [1.54, 1.807) is 7.11 Å². The highest BCUT2D eigenvalue weighted by molar-refractivity contribution is 5.81. The van der Waals surface area contributed by atoms with Crippen LogP contribution < -0.4 is 5.32 Å². The monoisotopic (exact) mass is 268 g/mol. The van der Waals surface area contributed by atoms with E-state index in [2.05, 4.69) is 5.32 Å². The molecule has 2 amide bonds. The molecule has 5 nitrogen and oxygen atoms in total. The van der Waals surface area contributed by atoms with Crippen LogP contribution in [0.25, 0.3) is 0 Å². The second-order valence-electron chi connectivity index (χ2n) is 5.51. The van der Waals surface area contributed by atoms with Crippen LogP contribution in [0.1, 0.15) is 32.1 Å². The first kappa shape index (κ1) is 14.3. The van der Waals surface area contributed by atoms with E-state index < -0.39 is 0 Å². The summed E-state index contributed by atoms with van der Waals surface area (Å²) < 4.78 is 4.91. The van der Waals surface area contributed by atoms with Gasteiger partial charge in [0.2, 0.25) is 11.8 Å². The molecule has 0 aromatic rings. The number of rotatable bonds is 5. The summed E-state index contributed by atoms with van der Waals surface area (Å²) in [6.07, 6.45) is 4.87. The summed E-state index contributed by atoms with van der Waals surface area (Å²) in [4.78, 5) is 25.9. The average Bonchev–Trinajstić information content (AvgIpc) is 2.37. The zero-order chi connectivity index (χ0) is 13.7. The van der Waals surface area contributed by atoms with Gasteiger partial charge in [-0.1, -0.05) is 6.42 Å². The molecule has 1 aliphatic heterocycles. The van der Waals surface area contributed by atoms with Crippen molar-refractivity contribution >= 4 is 11.8 Å². The predicted molar refractivity (Wildman–Crippen MR) is 71.5 cm³/mol. The van der Waals surface area contributed by atoms with Crippen LogP contribution in [0.15, 0.2) is 0 Å². The standard InChI is InChI=1S/C14H24N2O3/c1-19-10-7-15-13(17)11-5-8-16(9-6-11)14(18)12-3-2-4-12/h11-12H,2-10H2,1H3,(H,15,17). The van der Waals surface area contributed by atoms with Crippen molar-refractivity contribution < 1.29 is 14.3 Å². The molecule has 2 aliphatic rings. The molecule has 1 N–H and O–H groups in total. The molecule has 0 aromatic carbocycles. The number of methoxy groups -OCH3 is 1. The number of ether oxygens (including phenoxy) is 1. The van der Waals surface area contributed by atoms with Gasteiger partial charge in [-0.2, -0.15) is 0 Å². The SMILES string of the molecule is COCCNC(=O)C1CCN(C(=O)C2CCC2)CC1. The number of hydrogen-bond donors (Lipinski definition) is 1. The van der Waals surface area contributed by atoms with Crippen LogP contribution in [0.5, 0.6) is 0 Å². The van der Waals surface area contributed by atoms with E-state index in [-0.39, 0.29) is 17.7 Å². The van der Waals surface area contributed by atoms with Gasteiger partial charge in [0.15, 0.2) is 0 Å². The molecule has 2 fully saturated rings. The average molecular weight is 268 g/mol. The van der Waals surface area contributed by atoms with Gasteiger partial charge in [-0.3, -0.25) is 9.59 Å². The van der Waals surface area contributed by atoms with Gasteiger partial charge in [0.25, 0.3) is 0 Å². The summed E-state index contributed by atoms with van der Waals surface area (Å²) in [5.41, 5.74) is 0. The van der Waals surface area contributed by atoms with E-state index in [1.807, 2.05) is 4.90 Å². The fourth-order valence-electron chi connectivity index (χ4n) is 2.70. The lowest BCUT2D eigenvalue weighted by atomic mass is 9.83. The van der Waals surface area contributed by atoms with Crippen LogP contribution >= 0.6 is 0 Å². The van der Waals surface area contributed by atoms with Gasteiger partial charge >= 0.3 is 0 Å². The summed E-state index contributed by atoms with van der Waals surface area (Å²) in [6.45, 7) is 2.58. The van der Waals surface area contributed by atoms with E-state index in [0.717, 1.165) is 38.8 Å². The maximum Gasteiger partial charge on any atom is 0.225 e. The number of hydrogen-bond acceptors (Lipinski definition) is 3. The van der Waals surface area contributed by atoms with Gasteiger partial charge in [-0.15, -0.1) is 0 Å². The molecule has 0 radical (unpaired) electrons. The minimum absolute atomic E-state index is 0.0577. The fraction of sp³-hybridized carbons (Fsp3) is 0.857. The maximum atomic E-state index is 12.1. The molecule has 19 heavy (non-hydrogen) atoms. The summed E-state index contributed by atoms with van der Waals surface area (Å²) in [6, 6.07) is 0. The zero-order valence-electron chi connectivity index (χ0n) is 11.7. The Balaban J connectivity index is 1.69. The lowest BCUT2D eigenvalue weighted by Gasteiger charge is -2.36. The van der Waals surface area contributed by atoms with E-state index in [0.29, 0.717) is 19.1 Å². The normalized spacial score (nSPS) is 21.0. The molecular weight excluding hydrogens is 244 g/mol. The molecule has 0 unspecified atom stereocenters. The number of piperidine rings is 1. The molecule has 2 rings (SSSR count). The summed E-state index contributed by atoms with van der Waals surface area (Å²) >= 11 is 0. The number of nitrogens with zero attached hydrogens (tertiary/aromatic N) is 1. The van der Waals surface area contributed by atoms with Crippen molar-refractivity contribution in [1.82, 2.24) is 10.2 Å². The molecular formula is C14H24N2O3. The van der Waals surface area contributed by atoms with Crippen molar-refractivity contribution in [3.8, 4) is 0 Å². The number of likely N-dealkylation sites (tertiary alicyclic amines) is 1. The highest BCUT2D eigenvalue weighted by Gasteiger charge is 2.33. The number of nitrogens with one attached hydrogen (secondary N) is 1. The second kappa shape index (κ2) is 6.89. The summed E-state index contributed by atoms with van der Waals surface area (Å²) in [5, 5.41) is 2.88. The van der Waals surface area contributed by atoms with Gasteiger partial charge in [0.05, 0.1) is 6.61 Å². The minimum atomic E-state index is 0.0577. The second-order valence-corrected chi connectivity index (χ2v) is 5.51. The summed E-state index contributed by atoms with van der Waals surface area (Å²) in [5.74, 6) is 0.742. The molecule has 0 spiro atoms. The molecule has 1 saturated heterocycles. The Morgan fingerprint density at radius 2 is 1.84 bits per heavy atom. The predicted octanol–water partition coefficient (Wildman–Crippen LogP) is 0.788. The Kier molecular flexibility index (Phi) is 5.19. The van der Waals surface area contributed by atoms with Crippen molar-refractivity contribution in [2.24, 2.45) is 11.8 Å². The first-order valence-electron chi connectivity index (χ1n) is 7.28. The highest BCUT2D eigenvalue weighted by Crippen LogP contribution is 2.29. The van der Waals surface area contributed by atoms with Crippen molar-refractivity contribution in [3.05, 3.63) is 0 Å². The lowest BCUT2D eigenvalue weighted by molar-refractivity contribution is -0.141. The van der Waals surface area contributed by atoms with Gasteiger partial charge in [-0.25, -0.2) is 0 Å². The molecule has 1 saturated carbocycles. The number of amides is 2. The molecule has 1 heterocycles. The van der Waals surface area contributed by atoms with Crippen LogP contribution in [-0.2, 0) is 14.3 Å². The van der Waals surface area contributed by atoms with Crippen LogP contribution in [0.2, 0.25) is 0 Å². The Bertz CT molecular complexity index is 321. The van der Waals surface area contributed by atoms with Crippen LogP contribution in [0.4, 0.5) is 0 Å². The Morgan fingerprint density at radius 3 is 2.37 bits per heavy atom. The Labute approximate surface area is 114 Å². The zero-order valence-corrected chi connectivity index (χ0v) is 11.7. The first-order chi connectivity index (χ1) is 9.22. The molecule has 0 atom stereocenters. The molecule has 5 heteroatoms. The van der Waals surface area contributed by atoms with E-state index in [4.69, 9.17) is 4.74 Å². The highest BCUT2D eigenvalue weighted by atomic mass is 16.5. The van der Waals surface area contributed by atoms with Crippen LogP contribution in [0.3, 0.4) is 0 Å². The third kappa shape index (κ3) is 3.69. The van der Waals surface area contributed by atoms with E-state index in [9.17, 15) is 9.59 Å². The van der Waals surface area contributed by atoms with E-state index in [1.165, 1.54) is 6.42 Å². The first-order valence-corrected chi connectivity index (χ1v) is 7.28. The molecule has 0 aromatic heterocycles. The molecule has 0 bridgehead atoms. The minimum Gasteiger partial charge on any atom is -0.383 e. The third-order valence-corrected chi connectivity index (χ3v) is 4.24. The fourth-order valence-corrected chi connectivity index (χ4v) is 2.70. The summed E-state index contributed by atoms with van der Waals surface area (Å²) in [7, 11) is 1.62. The van der Waals surface area contributed by atoms with E-state index >= 15 is 0 Å². The Hall–Kier alpha value is -1.10. The van der Waals surface area contributed by atoms with Gasteiger partial charge < -0.3 is 15.0 Å². The number of carbonyl (C=O) groups excluding carboxylic acids is 2. The quantitative estimate of drug-likeness (QED) is 0.750. The van der Waals surface area contributed by atoms with Gasteiger partial charge in [0, 0.05) is 38.6 Å². The van der Waals surface area contributed by atoms with Crippen molar-refractivity contribution in [1.29, 1.82) is 0 Å². The van der Waals surface area contributed by atoms with Gasteiger partial charge in [0.1, 0.15) is 0 Å². The Morgan fingerprint density at radius 1 is 1.16 bits per heavy atom. The van der Waals surface area contributed by atoms with Crippen molar-refractivity contribution in [2.45, 2.75) is 32.1 Å². The largest absolute Gasteiger partial charge is 0.383 e. The van der Waals surface area contributed by atoms with Crippen LogP contribution in [-0.4, -0.2) is 50.1 Å². The molecule has 1 aliphatic carbocycles. The molecule has 108 valence electrons. The van der Waals surface area contributed by atoms with Crippen molar-refractivity contribution in [2.75, 3.05) is 33.4 Å². The smallest absolute Gasteiger partial charge is 0.225 e.